The Balaban J connectivity index is 2.93. The maximum Gasteiger partial charge on any atom is 0.150 e. The van der Waals surface area contributed by atoms with Crippen molar-refractivity contribution in [2.24, 2.45) is 0 Å². The molecule has 60 valence electrons. The molecule has 0 atom stereocenters. The first kappa shape index (κ1) is 7.46. The molecule has 0 saturated heterocycles. The third-order valence-electron chi connectivity index (χ3n) is 1.89. The highest BCUT2D eigenvalue weighted by atomic mass is 16.3. The molecular weight excluding hydrogens is 162 g/mol. The molecule has 0 spiro atoms. The maximum absolute atomic E-state index is 8.77. The number of rotatable bonds is 0. The van der Waals surface area contributed by atoms with E-state index < -0.39 is 0 Å². The fourth-order valence-corrected chi connectivity index (χ4v) is 1.27. The van der Waals surface area contributed by atoms with Crippen LogP contribution in [0.2, 0.25) is 0 Å². The third kappa shape index (κ3) is 0.972. The minimum Gasteiger partial charge on any atom is -0.463 e. The quantitative estimate of drug-likeness (QED) is 0.564. The van der Waals surface area contributed by atoms with Crippen molar-refractivity contribution in [3.8, 4) is 18.4 Å². The molecule has 0 unspecified atom stereocenters. The van der Waals surface area contributed by atoms with Crippen LogP contribution in [0.3, 0.4) is 0 Å². The van der Waals surface area contributed by atoms with Crippen molar-refractivity contribution in [2.75, 3.05) is 0 Å². The molecule has 0 N–H and O–H groups in total. The van der Waals surface area contributed by atoms with Gasteiger partial charge in [0.15, 0.2) is 5.58 Å². The lowest BCUT2D eigenvalue weighted by Gasteiger charge is -1.94. The molecule has 0 aliphatic rings. The predicted octanol–water partition coefficient (Wildman–Crippen LogP) is 2.29. The van der Waals surface area contributed by atoms with Crippen molar-refractivity contribution in [1.29, 1.82) is 5.26 Å². The summed E-state index contributed by atoms with van der Waals surface area (Å²) in [4.78, 5) is 0. The van der Waals surface area contributed by atoms with Crippen LogP contribution in [-0.4, -0.2) is 0 Å². The van der Waals surface area contributed by atoms with Crippen LogP contribution >= 0.6 is 0 Å². The standard InChI is InChI=1S/C11H5NO/c1-2-8-3-4-9(7-12)10-5-6-13-11(8)10/h1,3-6H. The van der Waals surface area contributed by atoms with Gasteiger partial charge in [-0.3, -0.25) is 0 Å². The lowest BCUT2D eigenvalue weighted by Crippen LogP contribution is -1.79. The van der Waals surface area contributed by atoms with Gasteiger partial charge in [-0.25, -0.2) is 0 Å². The monoisotopic (exact) mass is 167 g/mol. The average molecular weight is 167 g/mol. The Hall–Kier alpha value is -2.19. The van der Waals surface area contributed by atoms with E-state index >= 15 is 0 Å². The molecule has 0 amide bonds. The first-order valence-corrected chi connectivity index (χ1v) is 3.73. The van der Waals surface area contributed by atoms with Gasteiger partial charge in [-0.1, -0.05) is 5.92 Å². The molecule has 2 aromatic rings. The fourth-order valence-electron chi connectivity index (χ4n) is 1.27. The molecule has 0 aliphatic heterocycles. The van der Waals surface area contributed by atoms with E-state index in [0.717, 1.165) is 5.39 Å². The van der Waals surface area contributed by atoms with E-state index in [9.17, 15) is 0 Å². The van der Waals surface area contributed by atoms with Crippen LogP contribution in [0.15, 0.2) is 28.9 Å². The third-order valence-corrected chi connectivity index (χ3v) is 1.89. The summed E-state index contributed by atoms with van der Waals surface area (Å²) in [7, 11) is 0. The van der Waals surface area contributed by atoms with Crippen LogP contribution in [0, 0.1) is 23.7 Å². The maximum atomic E-state index is 8.77. The molecule has 2 heteroatoms. The summed E-state index contributed by atoms with van der Waals surface area (Å²) in [6, 6.07) is 7.24. The average Bonchev–Trinajstić information content (AvgIpc) is 2.64. The lowest BCUT2D eigenvalue weighted by atomic mass is 10.1. The van der Waals surface area contributed by atoms with E-state index in [1.165, 1.54) is 6.26 Å². The summed E-state index contributed by atoms with van der Waals surface area (Å²) in [5.74, 6) is 2.50. The van der Waals surface area contributed by atoms with Crippen LogP contribution in [0.4, 0.5) is 0 Å². The molecule has 13 heavy (non-hydrogen) atoms. The lowest BCUT2D eigenvalue weighted by molar-refractivity contribution is 0.615. The normalized spacial score (nSPS) is 9.38. The van der Waals surface area contributed by atoms with Gasteiger partial charge in [0.1, 0.15) is 0 Å². The number of benzene rings is 1. The second-order valence-electron chi connectivity index (χ2n) is 2.58. The number of nitriles is 1. The second kappa shape index (κ2) is 2.69. The molecule has 2 nitrogen and oxygen atoms in total. The topological polar surface area (TPSA) is 36.9 Å². The summed E-state index contributed by atoms with van der Waals surface area (Å²) in [6.07, 6.45) is 6.81. The Labute approximate surface area is 75.4 Å². The predicted molar refractivity (Wildman–Crippen MR) is 48.9 cm³/mol. The number of furan rings is 1. The summed E-state index contributed by atoms with van der Waals surface area (Å²) in [5.41, 5.74) is 1.88. The van der Waals surface area contributed by atoms with Gasteiger partial charge in [0.2, 0.25) is 0 Å². The highest BCUT2D eigenvalue weighted by molar-refractivity contribution is 5.88. The van der Waals surface area contributed by atoms with Crippen LogP contribution in [-0.2, 0) is 0 Å². The van der Waals surface area contributed by atoms with E-state index in [0.29, 0.717) is 16.7 Å². The Morgan fingerprint density at radius 3 is 2.69 bits per heavy atom. The van der Waals surface area contributed by atoms with Crippen molar-refractivity contribution < 1.29 is 4.42 Å². The molecule has 0 bridgehead atoms. The largest absolute Gasteiger partial charge is 0.463 e. The minimum absolute atomic E-state index is 0.586. The smallest absolute Gasteiger partial charge is 0.150 e. The van der Waals surface area contributed by atoms with Crippen LogP contribution in [0.5, 0.6) is 0 Å². The van der Waals surface area contributed by atoms with Gasteiger partial charge in [0.05, 0.1) is 23.5 Å². The number of hydrogen-bond acceptors (Lipinski definition) is 2. The van der Waals surface area contributed by atoms with Crippen LogP contribution in [0.1, 0.15) is 11.1 Å². The van der Waals surface area contributed by atoms with Crippen molar-refractivity contribution in [1.82, 2.24) is 0 Å². The van der Waals surface area contributed by atoms with Gasteiger partial charge < -0.3 is 4.42 Å². The van der Waals surface area contributed by atoms with Crippen LogP contribution in [0.25, 0.3) is 11.0 Å². The zero-order valence-electron chi connectivity index (χ0n) is 6.74. The van der Waals surface area contributed by atoms with E-state index in [2.05, 4.69) is 12.0 Å². The Morgan fingerprint density at radius 2 is 2.00 bits per heavy atom. The first-order chi connectivity index (χ1) is 6.36. The van der Waals surface area contributed by atoms with Crippen LogP contribution < -0.4 is 0 Å². The van der Waals surface area contributed by atoms with E-state index in [1.54, 1.807) is 18.2 Å². The summed E-state index contributed by atoms with van der Waals surface area (Å²) >= 11 is 0. The second-order valence-corrected chi connectivity index (χ2v) is 2.58. The van der Waals surface area contributed by atoms with Gasteiger partial charge in [0.25, 0.3) is 0 Å². The van der Waals surface area contributed by atoms with Crippen molar-refractivity contribution >= 4 is 11.0 Å². The molecule has 0 fully saturated rings. The zero-order valence-corrected chi connectivity index (χ0v) is 6.74. The van der Waals surface area contributed by atoms with Crippen molar-refractivity contribution in [3.05, 3.63) is 35.6 Å². The molecule has 1 aromatic heterocycles. The molecule has 0 saturated carbocycles. The first-order valence-electron chi connectivity index (χ1n) is 3.73. The van der Waals surface area contributed by atoms with Gasteiger partial charge in [-0.05, 0) is 18.2 Å². The molecule has 1 heterocycles. The number of fused-ring (bicyclic) bond motifs is 1. The summed E-state index contributed by atoms with van der Waals surface area (Å²) < 4.78 is 5.19. The Morgan fingerprint density at radius 1 is 1.23 bits per heavy atom. The highest BCUT2D eigenvalue weighted by Gasteiger charge is 2.06. The minimum atomic E-state index is 0.586. The molecule has 0 radical (unpaired) electrons. The number of nitrogens with zero attached hydrogens (tertiary/aromatic N) is 1. The number of terminal acetylenes is 1. The number of hydrogen-bond donors (Lipinski definition) is 0. The van der Waals surface area contributed by atoms with Gasteiger partial charge in [-0.15, -0.1) is 6.42 Å². The Bertz CT molecular complexity index is 489. The molecule has 0 aliphatic carbocycles. The van der Waals surface area contributed by atoms with E-state index in [4.69, 9.17) is 16.1 Å². The van der Waals surface area contributed by atoms with E-state index in [-0.39, 0.29) is 0 Å². The Kier molecular flexibility index (Phi) is 1.55. The molecular formula is C11H5NO. The van der Waals surface area contributed by atoms with E-state index in [1.807, 2.05) is 0 Å². The van der Waals surface area contributed by atoms with Crippen molar-refractivity contribution in [2.45, 2.75) is 0 Å². The molecule has 2 rings (SSSR count). The summed E-state index contributed by atoms with van der Waals surface area (Å²) in [5, 5.41) is 9.55. The molecule has 1 aromatic carbocycles. The van der Waals surface area contributed by atoms with Crippen molar-refractivity contribution in [3.63, 3.8) is 0 Å². The fraction of sp³-hybridized carbons (Fsp3) is 0. The van der Waals surface area contributed by atoms with Gasteiger partial charge in [-0.2, -0.15) is 5.26 Å². The SMILES string of the molecule is C#Cc1ccc(C#N)c2ccoc12. The van der Waals surface area contributed by atoms with Gasteiger partial charge in [0, 0.05) is 5.39 Å². The zero-order chi connectivity index (χ0) is 9.26. The highest BCUT2D eigenvalue weighted by Crippen LogP contribution is 2.22. The van der Waals surface area contributed by atoms with Gasteiger partial charge >= 0.3 is 0 Å². The summed E-state index contributed by atoms with van der Waals surface area (Å²) in [6.45, 7) is 0.